The third-order valence-electron chi connectivity index (χ3n) is 2.22. The molecule has 0 rings (SSSR count). The Hall–Kier alpha value is -0.260. The SMILES string of the molecule is NCC(N)CC(CCCS(=O)(=O)O)S(=O)(=O)O. The van der Waals surface area contributed by atoms with E-state index in [1.807, 2.05) is 0 Å². The van der Waals surface area contributed by atoms with Gasteiger partial charge in [0.2, 0.25) is 0 Å². The fourth-order valence-corrected chi connectivity index (χ4v) is 2.80. The highest BCUT2D eigenvalue weighted by atomic mass is 32.2. The topological polar surface area (TPSA) is 161 Å². The van der Waals surface area contributed by atoms with Gasteiger partial charge < -0.3 is 11.5 Å². The Bertz CT molecular complexity index is 418. The zero-order valence-electron chi connectivity index (χ0n) is 9.19. The van der Waals surface area contributed by atoms with Crippen LogP contribution < -0.4 is 11.5 Å². The van der Waals surface area contributed by atoms with Crippen molar-refractivity contribution in [2.45, 2.75) is 30.6 Å². The van der Waals surface area contributed by atoms with Crippen LogP contribution in [0, 0.1) is 0 Å². The van der Waals surface area contributed by atoms with E-state index in [-0.39, 0.29) is 25.8 Å². The second-order valence-corrected chi connectivity index (χ2v) is 7.07. The molecule has 0 heterocycles. The van der Waals surface area contributed by atoms with Crippen molar-refractivity contribution in [1.29, 1.82) is 0 Å². The molecule has 6 N–H and O–H groups in total. The maximum atomic E-state index is 11.0. The second kappa shape index (κ2) is 6.61. The highest BCUT2D eigenvalue weighted by Crippen LogP contribution is 2.13. The standard InChI is InChI=1S/C7H18N2O6S2/c8-5-6(9)4-7(17(13,14)15)2-1-3-16(10,11)12/h6-7H,1-5,8-9H2,(H,10,11,12)(H,13,14,15). The van der Waals surface area contributed by atoms with E-state index >= 15 is 0 Å². The first-order valence-corrected chi connectivity index (χ1v) is 8.04. The third-order valence-corrected chi connectivity index (χ3v) is 4.29. The van der Waals surface area contributed by atoms with Crippen LogP contribution in [0.1, 0.15) is 19.3 Å². The van der Waals surface area contributed by atoms with Crippen molar-refractivity contribution in [3.63, 3.8) is 0 Å². The van der Waals surface area contributed by atoms with Gasteiger partial charge in [-0.25, -0.2) is 0 Å². The molecule has 0 aliphatic carbocycles. The summed E-state index contributed by atoms with van der Waals surface area (Å²) in [5.74, 6) is -0.559. The first kappa shape index (κ1) is 16.7. The van der Waals surface area contributed by atoms with Crippen LogP contribution in [0.25, 0.3) is 0 Å². The summed E-state index contributed by atoms with van der Waals surface area (Å²) in [5, 5.41) is -1.16. The van der Waals surface area contributed by atoms with Crippen LogP contribution >= 0.6 is 0 Å². The maximum absolute atomic E-state index is 11.0. The molecule has 17 heavy (non-hydrogen) atoms. The van der Waals surface area contributed by atoms with E-state index in [0.717, 1.165) is 0 Å². The normalized spacial score (nSPS) is 16.7. The molecule has 0 fully saturated rings. The molecule has 0 bridgehead atoms. The van der Waals surface area contributed by atoms with Crippen LogP contribution in [-0.2, 0) is 20.2 Å². The Morgan fingerprint density at radius 1 is 1.12 bits per heavy atom. The van der Waals surface area contributed by atoms with Crippen LogP contribution in [0.15, 0.2) is 0 Å². The van der Waals surface area contributed by atoms with Crippen molar-refractivity contribution in [3.05, 3.63) is 0 Å². The van der Waals surface area contributed by atoms with Gasteiger partial charge in [-0.05, 0) is 19.3 Å². The molecule has 0 aliphatic heterocycles. The lowest BCUT2D eigenvalue weighted by atomic mass is 10.1. The minimum absolute atomic E-state index is 0.0548. The van der Waals surface area contributed by atoms with Crippen molar-refractivity contribution in [2.24, 2.45) is 11.5 Å². The molecule has 0 aromatic heterocycles. The molecule has 0 spiro atoms. The Morgan fingerprint density at radius 3 is 2.00 bits per heavy atom. The summed E-state index contributed by atoms with van der Waals surface area (Å²) in [6, 6.07) is -0.590. The summed E-state index contributed by atoms with van der Waals surface area (Å²) in [6.07, 6.45) is -0.242. The Balaban J connectivity index is 4.42. The number of hydrogen-bond acceptors (Lipinski definition) is 6. The van der Waals surface area contributed by atoms with Gasteiger partial charge in [0.25, 0.3) is 20.2 Å². The summed E-state index contributed by atoms with van der Waals surface area (Å²) in [6.45, 7) is 0.0598. The third kappa shape index (κ3) is 8.46. The zero-order chi connectivity index (χ0) is 13.7. The van der Waals surface area contributed by atoms with Crippen LogP contribution in [0.4, 0.5) is 0 Å². The first-order chi connectivity index (χ1) is 7.56. The highest BCUT2D eigenvalue weighted by molar-refractivity contribution is 7.86. The van der Waals surface area contributed by atoms with E-state index in [1.54, 1.807) is 0 Å². The van der Waals surface area contributed by atoms with Gasteiger partial charge in [-0.15, -0.1) is 0 Å². The van der Waals surface area contributed by atoms with Crippen molar-refractivity contribution >= 4 is 20.2 Å². The monoisotopic (exact) mass is 290 g/mol. The number of rotatable bonds is 8. The summed E-state index contributed by atoms with van der Waals surface area (Å²) in [4.78, 5) is 0. The first-order valence-electron chi connectivity index (χ1n) is 4.93. The Kier molecular flexibility index (Phi) is 6.51. The van der Waals surface area contributed by atoms with Crippen molar-refractivity contribution in [2.75, 3.05) is 12.3 Å². The molecule has 2 unspecified atom stereocenters. The number of nitrogens with two attached hydrogens (primary N) is 2. The van der Waals surface area contributed by atoms with Gasteiger partial charge in [-0.3, -0.25) is 9.11 Å². The van der Waals surface area contributed by atoms with E-state index in [9.17, 15) is 16.8 Å². The van der Waals surface area contributed by atoms with Gasteiger partial charge in [0.15, 0.2) is 0 Å². The Labute approximate surface area is 101 Å². The lowest BCUT2D eigenvalue weighted by molar-refractivity contribution is 0.440. The predicted octanol–water partition coefficient (Wildman–Crippen LogP) is -1.41. The van der Waals surface area contributed by atoms with Gasteiger partial charge in [0, 0.05) is 12.6 Å². The summed E-state index contributed by atoms with van der Waals surface area (Å²) >= 11 is 0. The minimum atomic E-state index is -4.30. The molecule has 8 nitrogen and oxygen atoms in total. The molecule has 104 valence electrons. The Morgan fingerprint density at radius 2 is 1.65 bits per heavy atom. The summed E-state index contributed by atoms with van der Waals surface area (Å²) in [5.41, 5.74) is 10.7. The molecular weight excluding hydrogens is 272 g/mol. The molecule has 0 saturated carbocycles. The molecule has 0 amide bonds. The lowest BCUT2D eigenvalue weighted by Crippen LogP contribution is -2.36. The van der Waals surface area contributed by atoms with Gasteiger partial charge >= 0.3 is 0 Å². The molecule has 0 aliphatic rings. The lowest BCUT2D eigenvalue weighted by Gasteiger charge is -2.17. The quantitative estimate of drug-likeness (QED) is 0.396. The van der Waals surface area contributed by atoms with Crippen molar-refractivity contribution in [1.82, 2.24) is 0 Å². The second-order valence-electron chi connectivity index (χ2n) is 3.80. The highest BCUT2D eigenvalue weighted by Gasteiger charge is 2.25. The van der Waals surface area contributed by atoms with Gasteiger partial charge in [-0.2, -0.15) is 16.8 Å². The number of hydrogen-bond donors (Lipinski definition) is 4. The van der Waals surface area contributed by atoms with Gasteiger partial charge in [0.1, 0.15) is 0 Å². The largest absolute Gasteiger partial charge is 0.329 e. The van der Waals surface area contributed by atoms with E-state index < -0.39 is 37.3 Å². The van der Waals surface area contributed by atoms with E-state index in [1.165, 1.54) is 0 Å². The molecule has 0 radical (unpaired) electrons. The fraction of sp³-hybridized carbons (Fsp3) is 1.00. The molecular formula is C7H18N2O6S2. The molecule has 10 heteroatoms. The van der Waals surface area contributed by atoms with Crippen LogP contribution in [0.3, 0.4) is 0 Å². The van der Waals surface area contributed by atoms with Crippen molar-refractivity contribution in [3.8, 4) is 0 Å². The molecule has 0 aromatic rings. The molecule has 0 saturated heterocycles. The fourth-order valence-electron chi connectivity index (χ4n) is 1.32. The van der Waals surface area contributed by atoms with Crippen LogP contribution in [-0.4, -0.2) is 49.5 Å². The van der Waals surface area contributed by atoms with E-state index in [2.05, 4.69) is 0 Å². The van der Waals surface area contributed by atoms with E-state index in [0.29, 0.717) is 0 Å². The minimum Gasteiger partial charge on any atom is -0.329 e. The zero-order valence-corrected chi connectivity index (χ0v) is 10.8. The van der Waals surface area contributed by atoms with Gasteiger partial charge in [0.05, 0.1) is 11.0 Å². The van der Waals surface area contributed by atoms with Crippen LogP contribution in [0.2, 0.25) is 0 Å². The maximum Gasteiger partial charge on any atom is 0.267 e. The van der Waals surface area contributed by atoms with Crippen LogP contribution in [0.5, 0.6) is 0 Å². The molecule has 2 atom stereocenters. The molecule has 0 aromatic carbocycles. The summed E-state index contributed by atoms with van der Waals surface area (Å²) < 4.78 is 60.2. The average molecular weight is 290 g/mol. The average Bonchev–Trinajstić information content (AvgIpc) is 2.12. The predicted molar refractivity (Wildman–Crippen MR) is 62.6 cm³/mol. The van der Waals surface area contributed by atoms with E-state index in [4.69, 9.17) is 20.6 Å². The van der Waals surface area contributed by atoms with Gasteiger partial charge in [-0.1, -0.05) is 0 Å². The smallest absolute Gasteiger partial charge is 0.267 e. The summed E-state index contributed by atoms with van der Waals surface area (Å²) in [7, 11) is -8.43. The van der Waals surface area contributed by atoms with Crippen molar-refractivity contribution < 1.29 is 25.9 Å².